The quantitative estimate of drug-likeness (QED) is 0.910. The number of hydrogen-bond donors (Lipinski definition) is 1. The molecule has 3 unspecified atom stereocenters. The fourth-order valence-corrected chi connectivity index (χ4v) is 3.26. The number of hydrogen-bond acceptors (Lipinski definition) is 3. The van der Waals surface area contributed by atoms with Crippen LogP contribution in [0.1, 0.15) is 31.4 Å². The standard InChI is InChI=1S/C14H21N3.2ClH/c1-11(12-3-2-6-15-9-12)17-8-5-14-13(10-17)4-7-16-14;;/h2-3,6,9,11,13-14,16H,4-5,7-8,10H2,1H3;2*1H. The van der Waals surface area contributed by atoms with Gasteiger partial charge in [-0.05, 0) is 43.9 Å². The van der Waals surface area contributed by atoms with Gasteiger partial charge in [0.25, 0.3) is 0 Å². The predicted octanol–water partition coefficient (Wildman–Crippen LogP) is 2.67. The van der Waals surface area contributed by atoms with E-state index in [0.717, 1.165) is 12.0 Å². The summed E-state index contributed by atoms with van der Waals surface area (Å²) in [6.07, 6.45) is 6.50. The van der Waals surface area contributed by atoms with Crippen molar-refractivity contribution in [1.29, 1.82) is 0 Å². The summed E-state index contributed by atoms with van der Waals surface area (Å²) in [6, 6.07) is 5.52. The molecule has 19 heavy (non-hydrogen) atoms. The van der Waals surface area contributed by atoms with E-state index in [0.29, 0.717) is 6.04 Å². The lowest BCUT2D eigenvalue weighted by Gasteiger charge is -2.38. The third-order valence-corrected chi connectivity index (χ3v) is 4.40. The van der Waals surface area contributed by atoms with Gasteiger partial charge in [0.2, 0.25) is 0 Å². The average Bonchev–Trinajstić information content (AvgIpc) is 2.86. The second-order valence-corrected chi connectivity index (χ2v) is 5.36. The predicted molar refractivity (Wildman–Crippen MR) is 83.2 cm³/mol. The zero-order valence-corrected chi connectivity index (χ0v) is 12.9. The molecule has 5 heteroatoms. The van der Waals surface area contributed by atoms with Gasteiger partial charge in [0.05, 0.1) is 0 Å². The number of piperidine rings is 1. The largest absolute Gasteiger partial charge is 0.314 e. The average molecular weight is 304 g/mol. The van der Waals surface area contributed by atoms with Gasteiger partial charge < -0.3 is 5.32 Å². The maximum absolute atomic E-state index is 4.23. The number of aromatic nitrogens is 1. The highest BCUT2D eigenvalue weighted by Gasteiger charge is 2.34. The lowest BCUT2D eigenvalue weighted by atomic mass is 9.91. The Labute approximate surface area is 128 Å². The number of halogens is 2. The van der Waals surface area contributed by atoms with E-state index in [4.69, 9.17) is 0 Å². The molecule has 3 heterocycles. The molecule has 2 aliphatic rings. The summed E-state index contributed by atoms with van der Waals surface area (Å²) in [5, 5.41) is 3.62. The summed E-state index contributed by atoms with van der Waals surface area (Å²) in [6.45, 7) is 5.97. The molecule has 0 amide bonds. The highest BCUT2D eigenvalue weighted by atomic mass is 35.5. The van der Waals surface area contributed by atoms with E-state index in [2.05, 4.69) is 28.2 Å². The Kier molecular flexibility index (Phi) is 6.54. The molecule has 0 aliphatic carbocycles. The van der Waals surface area contributed by atoms with E-state index in [1.807, 2.05) is 18.5 Å². The molecule has 0 aromatic carbocycles. The molecule has 108 valence electrons. The maximum Gasteiger partial charge on any atom is 0.0335 e. The molecule has 0 bridgehead atoms. The second-order valence-electron chi connectivity index (χ2n) is 5.36. The summed E-state index contributed by atoms with van der Waals surface area (Å²) < 4.78 is 0. The fourth-order valence-electron chi connectivity index (χ4n) is 3.26. The molecule has 2 saturated heterocycles. The third kappa shape index (κ3) is 3.60. The second kappa shape index (κ2) is 7.44. The summed E-state index contributed by atoms with van der Waals surface area (Å²) in [5.41, 5.74) is 1.34. The molecule has 1 N–H and O–H groups in total. The van der Waals surface area contributed by atoms with E-state index in [1.54, 1.807) is 0 Å². The Bertz CT molecular complexity index is 374. The Hall–Kier alpha value is -0.350. The normalized spacial score (nSPS) is 27.8. The number of nitrogens with zero attached hydrogens (tertiary/aromatic N) is 2. The first-order chi connectivity index (χ1) is 8.34. The lowest BCUT2D eigenvalue weighted by molar-refractivity contribution is 0.122. The van der Waals surface area contributed by atoms with Crippen LogP contribution in [-0.2, 0) is 0 Å². The maximum atomic E-state index is 4.23. The van der Waals surface area contributed by atoms with Gasteiger partial charge in [0.15, 0.2) is 0 Å². The Balaban J connectivity index is 0.000000902. The van der Waals surface area contributed by atoms with Gasteiger partial charge in [-0.2, -0.15) is 0 Å². The van der Waals surface area contributed by atoms with E-state index in [-0.39, 0.29) is 24.8 Å². The van der Waals surface area contributed by atoms with Crippen molar-refractivity contribution in [2.45, 2.75) is 31.8 Å². The van der Waals surface area contributed by atoms with Crippen LogP contribution in [0.5, 0.6) is 0 Å². The van der Waals surface area contributed by atoms with Gasteiger partial charge in [-0.3, -0.25) is 9.88 Å². The molecular formula is C14H23Cl2N3. The van der Waals surface area contributed by atoms with Crippen molar-refractivity contribution in [3.05, 3.63) is 30.1 Å². The molecule has 2 aliphatic heterocycles. The first kappa shape index (κ1) is 16.7. The van der Waals surface area contributed by atoms with Crippen LogP contribution in [0.25, 0.3) is 0 Å². The van der Waals surface area contributed by atoms with Crippen LogP contribution in [0.4, 0.5) is 0 Å². The summed E-state index contributed by atoms with van der Waals surface area (Å²) in [4.78, 5) is 6.84. The van der Waals surface area contributed by atoms with Gasteiger partial charge >= 0.3 is 0 Å². The van der Waals surface area contributed by atoms with Crippen LogP contribution in [0, 0.1) is 5.92 Å². The summed E-state index contributed by atoms with van der Waals surface area (Å²) in [5.74, 6) is 0.864. The molecule has 1 aromatic heterocycles. The van der Waals surface area contributed by atoms with Crippen molar-refractivity contribution in [2.75, 3.05) is 19.6 Å². The topological polar surface area (TPSA) is 28.2 Å². The van der Waals surface area contributed by atoms with Crippen LogP contribution >= 0.6 is 24.8 Å². The van der Waals surface area contributed by atoms with Gasteiger partial charge in [-0.15, -0.1) is 24.8 Å². The first-order valence-electron chi connectivity index (χ1n) is 6.72. The fraction of sp³-hybridized carbons (Fsp3) is 0.643. The van der Waals surface area contributed by atoms with E-state index in [9.17, 15) is 0 Å². The van der Waals surface area contributed by atoms with Gasteiger partial charge in [0, 0.05) is 37.6 Å². The molecule has 2 fully saturated rings. The smallest absolute Gasteiger partial charge is 0.0335 e. The van der Waals surface area contributed by atoms with Crippen molar-refractivity contribution in [2.24, 2.45) is 5.92 Å². The van der Waals surface area contributed by atoms with Crippen LogP contribution in [0.15, 0.2) is 24.5 Å². The minimum atomic E-state index is 0. The minimum absolute atomic E-state index is 0. The minimum Gasteiger partial charge on any atom is -0.314 e. The Morgan fingerprint density at radius 3 is 2.95 bits per heavy atom. The van der Waals surface area contributed by atoms with Crippen molar-refractivity contribution in [3.63, 3.8) is 0 Å². The van der Waals surface area contributed by atoms with E-state index in [1.165, 1.54) is 38.0 Å². The van der Waals surface area contributed by atoms with E-state index >= 15 is 0 Å². The van der Waals surface area contributed by atoms with Crippen LogP contribution < -0.4 is 5.32 Å². The number of nitrogens with one attached hydrogen (secondary N) is 1. The van der Waals surface area contributed by atoms with Crippen molar-refractivity contribution >= 4 is 24.8 Å². The number of pyridine rings is 1. The van der Waals surface area contributed by atoms with Gasteiger partial charge in [-0.25, -0.2) is 0 Å². The summed E-state index contributed by atoms with van der Waals surface area (Å²) >= 11 is 0. The summed E-state index contributed by atoms with van der Waals surface area (Å²) in [7, 11) is 0. The van der Waals surface area contributed by atoms with Crippen molar-refractivity contribution in [1.82, 2.24) is 15.2 Å². The molecule has 3 rings (SSSR count). The molecule has 0 radical (unpaired) electrons. The Morgan fingerprint density at radius 1 is 1.37 bits per heavy atom. The van der Waals surface area contributed by atoms with Crippen LogP contribution in [0.3, 0.4) is 0 Å². The number of likely N-dealkylation sites (tertiary alicyclic amines) is 1. The molecule has 3 nitrogen and oxygen atoms in total. The van der Waals surface area contributed by atoms with Crippen molar-refractivity contribution < 1.29 is 0 Å². The molecule has 3 atom stereocenters. The first-order valence-corrected chi connectivity index (χ1v) is 6.72. The molecule has 1 aromatic rings. The lowest BCUT2D eigenvalue weighted by Crippen LogP contribution is -2.45. The number of fused-ring (bicyclic) bond motifs is 1. The highest BCUT2D eigenvalue weighted by molar-refractivity contribution is 5.85. The number of rotatable bonds is 2. The molecular weight excluding hydrogens is 281 g/mol. The third-order valence-electron chi connectivity index (χ3n) is 4.40. The van der Waals surface area contributed by atoms with E-state index < -0.39 is 0 Å². The zero-order valence-electron chi connectivity index (χ0n) is 11.3. The monoisotopic (exact) mass is 303 g/mol. The molecule has 0 saturated carbocycles. The highest BCUT2D eigenvalue weighted by Crippen LogP contribution is 2.30. The van der Waals surface area contributed by atoms with Crippen molar-refractivity contribution in [3.8, 4) is 0 Å². The van der Waals surface area contributed by atoms with Crippen LogP contribution in [0.2, 0.25) is 0 Å². The van der Waals surface area contributed by atoms with Crippen LogP contribution in [-0.4, -0.2) is 35.6 Å². The molecule has 0 spiro atoms. The Morgan fingerprint density at radius 2 is 2.21 bits per heavy atom. The SMILES string of the molecule is CC(c1cccnc1)N1CCC2NCCC2C1.Cl.Cl. The van der Waals surface area contributed by atoms with Gasteiger partial charge in [0.1, 0.15) is 0 Å². The zero-order chi connectivity index (χ0) is 11.7. The van der Waals surface area contributed by atoms with Gasteiger partial charge in [-0.1, -0.05) is 6.07 Å².